The minimum Gasteiger partial charge on any atom is -0.494 e. The van der Waals surface area contributed by atoms with Gasteiger partial charge in [0.1, 0.15) is 5.75 Å². The summed E-state index contributed by atoms with van der Waals surface area (Å²) in [6.45, 7) is 1.15. The van der Waals surface area contributed by atoms with Crippen molar-refractivity contribution in [3.05, 3.63) is 59.6 Å². The first-order chi connectivity index (χ1) is 13.0. The number of unbranched alkanes of at least 4 members (excludes halogenated alkanes) is 1. The molecule has 27 heavy (non-hydrogen) atoms. The third-order valence-corrected chi connectivity index (χ3v) is 5.40. The maximum absolute atomic E-state index is 12.1. The summed E-state index contributed by atoms with van der Waals surface area (Å²) < 4.78 is 32.1. The van der Waals surface area contributed by atoms with Crippen LogP contribution in [0.4, 0.5) is 0 Å². The Bertz CT molecular complexity index is 811. The number of ether oxygens (including phenoxy) is 1. The predicted molar refractivity (Wildman–Crippen MR) is 105 cm³/mol. The average molecular weight is 411 g/mol. The van der Waals surface area contributed by atoms with Gasteiger partial charge in [0, 0.05) is 24.5 Å². The summed E-state index contributed by atoms with van der Waals surface area (Å²) in [5.41, 5.74) is 0. The van der Waals surface area contributed by atoms with E-state index in [1.165, 1.54) is 24.3 Å². The van der Waals surface area contributed by atoms with Crippen molar-refractivity contribution in [2.24, 2.45) is 0 Å². The second-order valence-corrected chi connectivity index (χ2v) is 8.02. The van der Waals surface area contributed by atoms with E-state index in [1.807, 2.05) is 30.3 Å². The number of carbonyl (C=O) groups excluding carboxylic acids is 1. The Labute approximate surface area is 164 Å². The number of halogens is 1. The fraction of sp³-hybridized carbons (Fsp3) is 0.316. The lowest BCUT2D eigenvalue weighted by Gasteiger charge is -2.08. The molecule has 8 heteroatoms. The molecule has 0 saturated heterocycles. The Kier molecular flexibility index (Phi) is 8.57. The van der Waals surface area contributed by atoms with Crippen molar-refractivity contribution in [3.63, 3.8) is 0 Å². The second-order valence-electron chi connectivity index (χ2n) is 5.82. The van der Waals surface area contributed by atoms with Crippen LogP contribution in [0.25, 0.3) is 0 Å². The van der Waals surface area contributed by atoms with Crippen LogP contribution in [-0.4, -0.2) is 34.0 Å². The lowest BCUT2D eigenvalue weighted by atomic mass is 10.3. The summed E-state index contributed by atoms with van der Waals surface area (Å²) in [6, 6.07) is 15.4. The molecule has 0 unspecified atom stereocenters. The molecule has 1 amide bonds. The topological polar surface area (TPSA) is 84.5 Å². The number of carbonyl (C=O) groups is 1. The molecule has 0 atom stereocenters. The Morgan fingerprint density at radius 3 is 2.37 bits per heavy atom. The smallest absolute Gasteiger partial charge is 0.240 e. The molecule has 0 bridgehead atoms. The van der Waals surface area contributed by atoms with E-state index in [0.717, 1.165) is 18.6 Å². The van der Waals surface area contributed by atoms with Gasteiger partial charge in [0.2, 0.25) is 15.9 Å². The van der Waals surface area contributed by atoms with Crippen molar-refractivity contribution >= 4 is 27.5 Å². The monoisotopic (exact) mass is 410 g/mol. The van der Waals surface area contributed by atoms with Crippen LogP contribution in [0.15, 0.2) is 59.5 Å². The highest BCUT2D eigenvalue weighted by Crippen LogP contribution is 2.13. The van der Waals surface area contributed by atoms with Gasteiger partial charge in [-0.1, -0.05) is 29.8 Å². The number of para-hydroxylation sites is 1. The van der Waals surface area contributed by atoms with Gasteiger partial charge in [-0.05, 0) is 49.2 Å². The maximum Gasteiger partial charge on any atom is 0.240 e. The molecule has 0 fully saturated rings. The third kappa shape index (κ3) is 7.99. The van der Waals surface area contributed by atoms with E-state index < -0.39 is 10.0 Å². The number of nitrogens with one attached hydrogen (secondary N) is 2. The third-order valence-electron chi connectivity index (χ3n) is 3.67. The van der Waals surface area contributed by atoms with Crippen LogP contribution in [0.3, 0.4) is 0 Å². The van der Waals surface area contributed by atoms with Crippen LogP contribution in [0.5, 0.6) is 5.75 Å². The molecule has 6 nitrogen and oxygen atoms in total. The quantitative estimate of drug-likeness (QED) is 0.558. The van der Waals surface area contributed by atoms with E-state index in [9.17, 15) is 13.2 Å². The van der Waals surface area contributed by atoms with Crippen LogP contribution in [0.1, 0.15) is 19.3 Å². The Hall–Kier alpha value is -2.09. The van der Waals surface area contributed by atoms with Crippen molar-refractivity contribution in [1.29, 1.82) is 0 Å². The molecule has 0 saturated carbocycles. The standard InChI is InChI=1S/C19H23ClN2O4S/c20-16-8-10-18(11-9-16)27(24,25)22-14-12-19(23)21-13-4-5-15-26-17-6-2-1-3-7-17/h1-3,6-11,22H,4-5,12-15H2,(H,21,23). The molecule has 0 aliphatic rings. The van der Waals surface area contributed by atoms with Gasteiger partial charge in [-0.25, -0.2) is 13.1 Å². The molecule has 0 radical (unpaired) electrons. The summed E-state index contributed by atoms with van der Waals surface area (Å²) in [5.74, 6) is 0.632. The summed E-state index contributed by atoms with van der Waals surface area (Å²) in [7, 11) is -3.64. The molecular weight excluding hydrogens is 388 g/mol. The molecule has 2 aromatic rings. The van der Waals surface area contributed by atoms with Gasteiger partial charge in [0.05, 0.1) is 11.5 Å². The van der Waals surface area contributed by atoms with E-state index in [1.54, 1.807) is 0 Å². The van der Waals surface area contributed by atoms with E-state index in [0.29, 0.717) is 18.2 Å². The lowest BCUT2D eigenvalue weighted by molar-refractivity contribution is -0.120. The maximum atomic E-state index is 12.1. The first-order valence-electron chi connectivity index (χ1n) is 8.67. The highest BCUT2D eigenvalue weighted by Gasteiger charge is 2.13. The molecule has 2 aromatic carbocycles. The van der Waals surface area contributed by atoms with Crippen LogP contribution in [0.2, 0.25) is 5.02 Å². The van der Waals surface area contributed by atoms with Gasteiger partial charge in [-0.3, -0.25) is 4.79 Å². The molecule has 2 rings (SSSR count). The van der Waals surface area contributed by atoms with Crippen molar-refractivity contribution in [3.8, 4) is 5.75 Å². The zero-order chi connectivity index (χ0) is 19.5. The highest BCUT2D eigenvalue weighted by molar-refractivity contribution is 7.89. The number of hydrogen-bond acceptors (Lipinski definition) is 4. The van der Waals surface area contributed by atoms with Crippen LogP contribution >= 0.6 is 11.6 Å². The predicted octanol–water partition coefficient (Wildman–Crippen LogP) is 2.98. The zero-order valence-corrected chi connectivity index (χ0v) is 16.4. The molecule has 0 aromatic heterocycles. The number of benzene rings is 2. The van der Waals surface area contributed by atoms with Gasteiger partial charge in [-0.2, -0.15) is 0 Å². The highest BCUT2D eigenvalue weighted by atomic mass is 35.5. The van der Waals surface area contributed by atoms with Crippen molar-refractivity contribution in [2.45, 2.75) is 24.2 Å². The number of sulfonamides is 1. The number of amides is 1. The largest absolute Gasteiger partial charge is 0.494 e. The minimum atomic E-state index is -3.64. The normalized spacial score (nSPS) is 11.1. The fourth-order valence-corrected chi connectivity index (χ4v) is 3.40. The van der Waals surface area contributed by atoms with Gasteiger partial charge >= 0.3 is 0 Å². The Morgan fingerprint density at radius 1 is 0.963 bits per heavy atom. The average Bonchev–Trinajstić information content (AvgIpc) is 2.65. The summed E-state index contributed by atoms with van der Waals surface area (Å²) in [4.78, 5) is 11.9. The van der Waals surface area contributed by atoms with E-state index in [2.05, 4.69) is 10.0 Å². The molecule has 2 N–H and O–H groups in total. The fourth-order valence-electron chi connectivity index (χ4n) is 2.25. The molecule has 0 aliphatic heterocycles. The summed E-state index contributed by atoms with van der Waals surface area (Å²) >= 11 is 5.74. The molecular formula is C19H23ClN2O4S. The second kappa shape index (κ2) is 10.9. The zero-order valence-electron chi connectivity index (χ0n) is 14.9. The van der Waals surface area contributed by atoms with Crippen molar-refractivity contribution in [1.82, 2.24) is 10.0 Å². The summed E-state index contributed by atoms with van der Waals surface area (Å²) in [5, 5.41) is 3.23. The molecule has 146 valence electrons. The van der Waals surface area contributed by atoms with E-state index in [-0.39, 0.29) is 23.8 Å². The minimum absolute atomic E-state index is 0.0356. The van der Waals surface area contributed by atoms with Crippen LogP contribution in [0, 0.1) is 0 Å². The lowest BCUT2D eigenvalue weighted by Crippen LogP contribution is -2.31. The van der Waals surface area contributed by atoms with Crippen molar-refractivity contribution in [2.75, 3.05) is 19.7 Å². The first kappa shape index (κ1) is 21.2. The van der Waals surface area contributed by atoms with Gasteiger partial charge in [0.15, 0.2) is 0 Å². The Balaban J connectivity index is 1.56. The number of rotatable bonds is 11. The van der Waals surface area contributed by atoms with Crippen LogP contribution in [-0.2, 0) is 14.8 Å². The molecule has 0 aliphatic carbocycles. The molecule has 0 heterocycles. The van der Waals surface area contributed by atoms with Gasteiger partial charge in [0.25, 0.3) is 0 Å². The van der Waals surface area contributed by atoms with E-state index in [4.69, 9.17) is 16.3 Å². The summed E-state index contributed by atoms with van der Waals surface area (Å²) in [6.07, 6.45) is 1.68. The van der Waals surface area contributed by atoms with E-state index >= 15 is 0 Å². The Morgan fingerprint density at radius 2 is 1.67 bits per heavy atom. The first-order valence-corrected chi connectivity index (χ1v) is 10.5. The van der Waals surface area contributed by atoms with Crippen molar-refractivity contribution < 1.29 is 17.9 Å². The SMILES string of the molecule is O=C(CCNS(=O)(=O)c1ccc(Cl)cc1)NCCCCOc1ccccc1. The van der Waals surface area contributed by atoms with Gasteiger partial charge in [-0.15, -0.1) is 0 Å². The number of hydrogen-bond donors (Lipinski definition) is 2. The van der Waals surface area contributed by atoms with Crippen LogP contribution < -0.4 is 14.8 Å². The van der Waals surface area contributed by atoms with Gasteiger partial charge < -0.3 is 10.1 Å². The molecule has 0 spiro atoms.